The van der Waals surface area contributed by atoms with Crippen LogP contribution in [0.15, 0.2) is 17.3 Å². The van der Waals surface area contributed by atoms with Crippen molar-refractivity contribution in [3.63, 3.8) is 0 Å². The predicted octanol–water partition coefficient (Wildman–Crippen LogP) is 0.675. The largest absolute Gasteiger partial charge is 0.375 e. The number of ether oxygens (including phenoxy) is 1. The second kappa shape index (κ2) is 7.08. The number of piperidine rings is 1. The van der Waals surface area contributed by atoms with E-state index in [1.54, 1.807) is 4.31 Å². The van der Waals surface area contributed by atoms with Gasteiger partial charge in [0.15, 0.2) is 0 Å². The minimum absolute atomic E-state index is 0.0534. The number of nitrogens with one attached hydrogen (secondary N) is 1. The van der Waals surface area contributed by atoms with E-state index in [0.29, 0.717) is 19.7 Å². The van der Waals surface area contributed by atoms with Gasteiger partial charge >= 0.3 is 0 Å². The second-order valence-corrected chi connectivity index (χ2v) is 7.94. The highest BCUT2D eigenvalue weighted by atomic mass is 32.2. The standard InChI is InChI=1S/C14H24N4O3S/c19-22(20,14-9-15-16-10-14)18-7-4-8-21-13(12-18)11-17-5-2-1-3-6-17/h9-10,13H,1-8,11-12H2,(H,15,16)/t13-/m0/s1. The molecule has 3 rings (SSSR count). The van der Waals surface area contributed by atoms with Gasteiger partial charge in [-0.05, 0) is 32.4 Å². The highest BCUT2D eigenvalue weighted by molar-refractivity contribution is 7.89. The number of sulfonamides is 1. The minimum atomic E-state index is -3.47. The number of aromatic amines is 1. The molecule has 0 unspecified atom stereocenters. The Hall–Kier alpha value is -0.960. The number of likely N-dealkylation sites (tertiary alicyclic amines) is 1. The molecule has 22 heavy (non-hydrogen) atoms. The molecule has 7 nitrogen and oxygen atoms in total. The first-order valence-electron chi connectivity index (χ1n) is 7.99. The number of nitrogens with zero attached hydrogens (tertiary/aromatic N) is 3. The Balaban J connectivity index is 1.67. The lowest BCUT2D eigenvalue weighted by Crippen LogP contribution is -2.43. The first-order valence-corrected chi connectivity index (χ1v) is 9.43. The topological polar surface area (TPSA) is 78.5 Å². The van der Waals surface area contributed by atoms with Crippen LogP contribution in [0.5, 0.6) is 0 Å². The summed E-state index contributed by atoms with van der Waals surface area (Å²) in [4.78, 5) is 2.62. The molecular weight excluding hydrogens is 304 g/mol. The van der Waals surface area contributed by atoms with E-state index in [1.807, 2.05) is 0 Å². The number of aromatic nitrogens is 2. The molecule has 2 fully saturated rings. The van der Waals surface area contributed by atoms with Crippen LogP contribution in [-0.4, -0.2) is 73.3 Å². The fourth-order valence-corrected chi connectivity index (χ4v) is 4.57. The Morgan fingerprint density at radius 3 is 2.77 bits per heavy atom. The van der Waals surface area contributed by atoms with E-state index < -0.39 is 10.0 Å². The average molecular weight is 328 g/mol. The summed E-state index contributed by atoms with van der Waals surface area (Å²) < 4.78 is 32.7. The van der Waals surface area contributed by atoms with E-state index in [9.17, 15) is 8.42 Å². The zero-order chi connectivity index (χ0) is 15.4. The van der Waals surface area contributed by atoms with Crippen LogP contribution in [0.4, 0.5) is 0 Å². The van der Waals surface area contributed by atoms with Gasteiger partial charge in [0.2, 0.25) is 10.0 Å². The number of hydrogen-bond donors (Lipinski definition) is 1. The Labute approximate surface area is 131 Å². The second-order valence-electron chi connectivity index (χ2n) is 6.00. The molecule has 1 aromatic rings. The lowest BCUT2D eigenvalue weighted by atomic mass is 10.1. The van der Waals surface area contributed by atoms with E-state index >= 15 is 0 Å². The quantitative estimate of drug-likeness (QED) is 0.879. The summed E-state index contributed by atoms with van der Waals surface area (Å²) in [5, 5.41) is 6.32. The predicted molar refractivity (Wildman–Crippen MR) is 82.0 cm³/mol. The van der Waals surface area contributed by atoms with Gasteiger partial charge in [0.1, 0.15) is 4.90 Å². The van der Waals surface area contributed by atoms with Gasteiger partial charge in [0, 0.05) is 32.4 Å². The van der Waals surface area contributed by atoms with Crippen LogP contribution in [0.25, 0.3) is 0 Å². The molecule has 124 valence electrons. The van der Waals surface area contributed by atoms with E-state index in [0.717, 1.165) is 26.1 Å². The third-order valence-electron chi connectivity index (χ3n) is 4.33. The van der Waals surface area contributed by atoms with E-state index in [1.165, 1.54) is 31.7 Å². The first-order chi connectivity index (χ1) is 10.7. The maximum Gasteiger partial charge on any atom is 0.246 e. The van der Waals surface area contributed by atoms with Crippen molar-refractivity contribution >= 4 is 10.0 Å². The monoisotopic (exact) mass is 328 g/mol. The first kappa shape index (κ1) is 15.9. The normalized spacial score (nSPS) is 25.9. The van der Waals surface area contributed by atoms with Gasteiger partial charge in [-0.3, -0.25) is 5.10 Å². The Morgan fingerprint density at radius 2 is 2.05 bits per heavy atom. The Kier molecular flexibility index (Phi) is 5.12. The molecule has 8 heteroatoms. The van der Waals surface area contributed by atoms with Crippen LogP contribution >= 0.6 is 0 Å². The van der Waals surface area contributed by atoms with Gasteiger partial charge < -0.3 is 9.64 Å². The van der Waals surface area contributed by atoms with Crippen molar-refractivity contribution in [2.24, 2.45) is 0 Å². The molecular formula is C14H24N4O3S. The average Bonchev–Trinajstić information content (AvgIpc) is 2.96. The van der Waals surface area contributed by atoms with Crippen LogP contribution in [0.2, 0.25) is 0 Å². The third kappa shape index (κ3) is 3.68. The van der Waals surface area contributed by atoms with Crippen LogP contribution in [0, 0.1) is 0 Å². The molecule has 1 N–H and O–H groups in total. The van der Waals surface area contributed by atoms with Crippen LogP contribution < -0.4 is 0 Å². The SMILES string of the molecule is O=S(=O)(c1cn[nH]c1)N1CCCO[C@@H](CN2CCCCC2)C1. The summed E-state index contributed by atoms with van der Waals surface area (Å²) in [6.45, 7) is 4.55. The summed E-state index contributed by atoms with van der Waals surface area (Å²) in [5.74, 6) is 0. The number of hydrogen-bond acceptors (Lipinski definition) is 5. The van der Waals surface area contributed by atoms with Crippen molar-refractivity contribution in [1.82, 2.24) is 19.4 Å². The van der Waals surface area contributed by atoms with Crippen LogP contribution in [0.3, 0.4) is 0 Å². The molecule has 2 saturated heterocycles. The van der Waals surface area contributed by atoms with E-state index in [4.69, 9.17) is 4.74 Å². The summed E-state index contributed by atoms with van der Waals surface area (Å²) in [6.07, 6.45) is 7.22. The zero-order valence-electron chi connectivity index (χ0n) is 12.8. The smallest absolute Gasteiger partial charge is 0.246 e. The van der Waals surface area contributed by atoms with Gasteiger partial charge in [0.05, 0.1) is 12.3 Å². The molecule has 1 aromatic heterocycles. The van der Waals surface area contributed by atoms with Crippen molar-refractivity contribution in [3.8, 4) is 0 Å². The molecule has 3 heterocycles. The molecule has 0 amide bonds. The van der Waals surface area contributed by atoms with Crippen molar-refractivity contribution in [2.75, 3.05) is 39.3 Å². The summed E-state index contributed by atoms with van der Waals surface area (Å²) in [7, 11) is -3.47. The molecule has 0 aliphatic carbocycles. The Bertz CT molecular complexity index is 555. The molecule has 0 spiro atoms. The number of rotatable bonds is 4. The van der Waals surface area contributed by atoms with Crippen LogP contribution in [0.1, 0.15) is 25.7 Å². The van der Waals surface area contributed by atoms with Crippen molar-refractivity contribution < 1.29 is 13.2 Å². The maximum atomic E-state index is 12.6. The maximum absolute atomic E-state index is 12.6. The van der Waals surface area contributed by atoms with Gasteiger partial charge in [-0.25, -0.2) is 8.42 Å². The van der Waals surface area contributed by atoms with Gasteiger partial charge in [-0.1, -0.05) is 6.42 Å². The molecule has 1 atom stereocenters. The summed E-state index contributed by atoms with van der Waals surface area (Å²) >= 11 is 0. The lowest BCUT2D eigenvalue weighted by Gasteiger charge is -2.31. The fourth-order valence-electron chi connectivity index (χ4n) is 3.15. The molecule has 0 aromatic carbocycles. The molecule has 0 bridgehead atoms. The van der Waals surface area contributed by atoms with Gasteiger partial charge in [0.25, 0.3) is 0 Å². The fraction of sp³-hybridized carbons (Fsp3) is 0.786. The number of H-pyrrole nitrogens is 1. The van der Waals surface area contributed by atoms with E-state index in [2.05, 4.69) is 15.1 Å². The third-order valence-corrected chi connectivity index (χ3v) is 6.16. The van der Waals surface area contributed by atoms with Crippen molar-refractivity contribution in [1.29, 1.82) is 0 Å². The summed E-state index contributed by atoms with van der Waals surface area (Å²) in [5.41, 5.74) is 0. The highest BCUT2D eigenvalue weighted by Crippen LogP contribution is 2.19. The minimum Gasteiger partial charge on any atom is -0.375 e. The Morgan fingerprint density at radius 1 is 1.23 bits per heavy atom. The lowest BCUT2D eigenvalue weighted by molar-refractivity contribution is 0.0285. The van der Waals surface area contributed by atoms with E-state index in [-0.39, 0.29) is 11.0 Å². The molecule has 2 aliphatic rings. The van der Waals surface area contributed by atoms with Crippen molar-refractivity contribution in [3.05, 3.63) is 12.4 Å². The van der Waals surface area contributed by atoms with Gasteiger partial charge in [-0.2, -0.15) is 9.40 Å². The van der Waals surface area contributed by atoms with Crippen LogP contribution in [-0.2, 0) is 14.8 Å². The zero-order valence-corrected chi connectivity index (χ0v) is 13.6. The molecule has 0 saturated carbocycles. The van der Waals surface area contributed by atoms with Gasteiger partial charge in [-0.15, -0.1) is 0 Å². The summed E-state index contributed by atoms with van der Waals surface area (Å²) in [6, 6.07) is 0. The molecule has 0 radical (unpaired) electrons. The highest BCUT2D eigenvalue weighted by Gasteiger charge is 2.30. The molecule has 2 aliphatic heterocycles. The van der Waals surface area contributed by atoms with Crippen molar-refractivity contribution in [2.45, 2.75) is 36.7 Å².